The van der Waals surface area contributed by atoms with Crippen LogP contribution in [-0.4, -0.2) is 40.0 Å². The number of aromatic amines is 1. The summed E-state index contributed by atoms with van der Waals surface area (Å²) in [5.74, 6) is 0.588. The minimum atomic E-state index is -0.138. The van der Waals surface area contributed by atoms with Crippen molar-refractivity contribution in [3.05, 3.63) is 79.2 Å². The molecule has 7 heteroatoms. The predicted molar refractivity (Wildman–Crippen MR) is 122 cm³/mol. The lowest BCUT2D eigenvalue weighted by atomic mass is 10.1. The van der Waals surface area contributed by atoms with Gasteiger partial charge in [-0.15, -0.1) is 0 Å². The summed E-state index contributed by atoms with van der Waals surface area (Å²) < 4.78 is 0. The third-order valence-electron chi connectivity index (χ3n) is 4.71. The second-order valence-corrected chi connectivity index (χ2v) is 6.76. The Balaban J connectivity index is 1.86. The molecule has 0 saturated carbocycles. The van der Waals surface area contributed by atoms with Crippen molar-refractivity contribution in [2.24, 2.45) is 5.73 Å². The number of nitrogens with one attached hydrogen (secondary N) is 3. The van der Waals surface area contributed by atoms with Gasteiger partial charge in [0.25, 0.3) is 5.91 Å². The smallest absolute Gasteiger partial charge is 0.251 e. The zero-order chi connectivity index (χ0) is 21.5. The lowest BCUT2D eigenvalue weighted by Crippen LogP contribution is -2.28. The summed E-state index contributed by atoms with van der Waals surface area (Å²) in [4.78, 5) is 24.1. The largest absolute Gasteiger partial charge is 0.363 e. The SMILES string of the molecule is C=C/C=C(\C=C)[C@@H](C)Nc1ncnc2[nH]c(-c3ccc(C(=O)NCCN)cc3)cc12. The molecule has 0 radical (unpaired) electrons. The van der Waals surface area contributed by atoms with Gasteiger partial charge in [-0.1, -0.05) is 43.5 Å². The molecule has 0 aliphatic carbocycles. The molecule has 2 aromatic heterocycles. The van der Waals surface area contributed by atoms with Crippen LogP contribution in [0.1, 0.15) is 17.3 Å². The van der Waals surface area contributed by atoms with Crippen LogP contribution in [0.3, 0.4) is 0 Å². The normalized spacial score (nSPS) is 12.4. The number of nitrogens with zero attached hydrogens (tertiary/aromatic N) is 2. The van der Waals surface area contributed by atoms with Gasteiger partial charge in [0, 0.05) is 30.4 Å². The van der Waals surface area contributed by atoms with E-state index in [1.54, 1.807) is 24.3 Å². The molecule has 0 aliphatic heterocycles. The molecule has 1 atom stereocenters. The van der Waals surface area contributed by atoms with Crippen LogP contribution in [0.5, 0.6) is 0 Å². The number of carbonyl (C=O) groups is 1. The Labute approximate surface area is 175 Å². The summed E-state index contributed by atoms with van der Waals surface area (Å²) in [6.45, 7) is 10.5. The van der Waals surface area contributed by atoms with E-state index in [9.17, 15) is 4.79 Å². The summed E-state index contributed by atoms with van der Waals surface area (Å²) in [6.07, 6.45) is 6.97. The number of carbonyl (C=O) groups excluding carboxylic acids is 1. The fourth-order valence-electron chi connectivity index (χ4n) is 3.11. The number of allylic oxidation sites excluding steroid dienone is 2. The Hall–Kier alpha value is -3.71. The summed E-state index contributed by atoms with van der Waals surface area (Å²) in [5.41, 5.74) is 9.59. The molecule has 0 aliphatic rings. The van der Waals surface area contributed by atoms with E-state index in [0.29, 0.717) is 18.7 Å². The average molecular weight is 403 g/mol. The maximum Gasteiger partial charge on any atom is 0.251 e. The first-order valence-corrected chi connectivity index (χ1v) is 9.71. The lowest BCUT2D eigenvalue weighted by Gasteiger charge is -2.15. The van der Waals surface area contributed by atoms with Gasteiger partial charge in [-0.05, 0) is 36.3 Å². The number of rotatable bonds is 9. The van der Waals surface area contributed by atoms with Crippen molar-refractivity contribution >= 4 is 22.8 Å². The van der Waals surface area contributed by atoms with Gasteiger partial charge >= 0.3 is 0 Å². The topological polar surface area (TPSA) is 109 Å². The third kappa shape index (κ3) is 4.64. The molecule has 2 heterocycles. The van der Waals surface area contributed by atoms with Crippen molar-refractivity contribution < 1.29 is 4.79 Å². The first-order chi connectivity index (χ1) is 14.6. The highest BCUT2D eigenvalue weighted by Crippen LogP contribution is 2.27. The monoisotopic (exact) mass is 402 g/mol. The standard InChI is InChI=1S/C23H26N6O/c1-4-6-16(5-2)15(3)28-21-19-13-20(29-22(19)27-14-26-21)17-7-9-18(10-8-17)23(30)25-12-11-24/h4-10,13-15H,1-2,11-12,24H2,3H3,(H,25,30)(H2,26,27,28,29)/b16-6+/t15-/m1/s1. The van der Waals surface area contributed by atoms with Crippen LogP contribution in [0, 0.1) is 0 Å². The summed E-state index contributed by atoms with van der Waals surface area (Å²) in [7, 11) is 0. The number of anilines is 1. The van der Waals surface area contributed by atoms with Crippen molar-refractivity contribution in [3.63, 3.8) is 0 Å². The molecule has 0 unspecified atom stereocenters. The van der Waals surface area contributed by atoms with Crippen molar-refractivity contribution in [1.29, 1.82) is 0 Å². The molecule has 3 rings (SSSR count). The number of aromatic nitrogens is 3. The number of hydrogen-bond acceptors (Lipinski definition) is 5. The van der Waals surface area contributed by atoms with Crippen LogP contribution in [0.2, 0.25) is 0 Å². The van der Waals surface area contributed by atoms with Gasteiger partial charge in [-0.3, -0.25) is 4.79 Å². The van der Waals surface area contributed by atoms with Gasteiger partial charge in [-0.2, -0.15) is 0 Å². The molecule has 154 valence electrons. The Morgan fingerprint density at radius 3 is 2.70 bits per heavy atom. The fraction of sp³-hybridized carbons (Fsp3) is 0.174. The zero-order valence-electron chi connectivity index (χ0n) is 17.0. The first kappa shape index (κ1) is 21.0. The van der Waals surface area contributed by atoms with Crippen LogP contribution in [0.15, 0.2) is 73.6 Å². The van der Waals surface area contributed by atoms with Gasteiger partial charge in [0.2, 0.25) is 0 Å². The van der Waals surface area contributed by atoms with Gasteiger partial charge in [0.05, 0.1) is 5.39 Å². The molecule has 7 nitrogen and oxygen atoms in total. The molecule has 3 aromatic rings. The van der Waals surface area contributed by atoms with Crippen molar-refractivity contribution in [2.75, 3.05) is 18.4 Å². The molecular weight excluding hydrogens is 376 g/mol. The van der Waals surface area contributed by atoms with Crippen LogP contribution < -0.4 is 16.4 Å². The number of fused-ring (bicyclic) bond motifs is 1. The molecule has 1 aromatic carbocycles. The second-order valence-electron chi connectivity index (χ2n) is 6.76. The van der Waals surface area contributed by atoms with Gasteiger partial charge in [-0.25, -0.2) is 9.97 Å². The van der Waals surface area contributed by atoms with E-state index in [0.717, 1.165) is 33.7 Å². The number of benzene rings is 1. The quantitative estimate of drug-likeness (QED) is 0.410. The van der Waals surface area contributed by atoms with Crippen molar-refractivity contribution in [3.8, 4) is 11.3 Å². The maximum atomic E-state index is 12.0. The highest BCUT2D eigenvalue weighted by Gasteiger charge is 2.13. The summed E-state index contributed by atoms with van der Waals surface area (Å²) in [6, 6.07) is 9.37. The minimum absolute atomic E-state index is 0.00302. The van der Waals surface area contributed by atoms with Gasteiger partial charge in [0.1, 0.15) is 17.8 Å². The molecule has 1 amide bonds. The summed E-state index contributed by atoms with van der Waals surface area (Å²) in [5, 5.41) is 7.05. The van der Waals surface area contributed by atoms with Crippen LogP contribution >= 0.6 is 0 Å². The maximum absolute atomic E-state index is 12.0. The van der Waals surface area contributed by atoms with E-state index < -0.39 is 0 Å². The minimum Gasteiger partial charge on any atom is -0.363 e. The second kappa shape index (κ2) is 9.67. The van der Waals surface area contributed by atoms with Gasteiger partial charge in [0.15, 0.2) is 0 Å². The van der Waals surface area contributed by atoms with Gasteiger partial charge < -0.3 is 21.4 Å². The predicted octanol–water partition coefficient (Wildman–Crippen LogP) is 3.41. The molecule has 5 N–H and O–H groups in total. The van der Waals surface area contributed by atoms with E-state index in [-0.39, 0.29) is 11.9 Å². The van der Waals surface area contributed by atoms with E-state index in [1.807, 2.05) is 31.2 Å². The number of H-pyrrole nitrogens is 1. The van der Waals surface area contributed by atoms with E-state index in [4.69, 9.17) is 5.73 Å². The number of hydrogen-bond donors (Lipinski definition) is 4. The van der Waals surface area contributed by atoms with E-state index in [2.05, 4.69) is 38.7 Å². The zero-order valence-corrected chi connectivity index (χ0v) is 17.0. The van der Waals surface area contributed by atoms with Crippen molar-refractivity contribution in [2.45, 2.75) is 13.0 Å². The average Bonchev–Trinajstić information content (AvgIpc) is 3.21. The highest BCUT2D eigenvalue weighted by atomic mass is 16.1. The molecule has 0 spiro atoms. The van der Waals surface area contributed by atoms with E-state index in [1.165, 1.54) is 6.33 Å². The first-order valence-electron chi connectivity index (χ1n) is 9.71. The lowest BCUT2D eigenvalue weighted by molar-refractivity contribution is 0.0955. The van der Waals surface area contributed by atoms with Crippen LogP contribution in [-0.2, 0) is 0 Å². The molecule has 0 bridgehead atoms. The fourth-order valence-corrected chi connectivity index (χ4v) is 3.11. The molecule has 0 saturated heterocycles. The van der Waals surface area contributed by atoms with Crippen LogP contribution in [0.4, 0.5) is 5.82 Å². The van der Waals surface area contributed by atoms with Crippen LogP contribution in [0.25, 0.3) is 22.3 Å². The Kier molecular flexibility index (Phi) is 6.77. The third-order valence-corrected chi connectivity index (χ3v) is 4.71. The Bertz CT molecular complexity index is 1080. The highest BCUT2D eigenvalue weighted by molar-refractivity contribution is 5.95. The number of nitrogens with two attached hydrogens (primary N) is 1. The Morgan fingerprint density at radius 2 is 2.03 bits per heavy atom. The van der Waals surface area contributed by atoms with E-state index >= 15 is 0 Å². The van der Waals surface area contributed by atoms with Crippen molar-refractivity contribution in [1.82, 2.24) is 20.3 Å². The summed E-state index contributed by atoms with van der Waals surface area (Å²) >= 11 is 0. The molecule has 0 fully saturated rings. The molecule has 30 heavy (non-hydrogen) atoms. The number of amides is 1. The molecular formula is C23H26N6O. The Morgan fingerprint density at radius 1 is 1.27 bits per heavy atom.